The van der Waals surface area contributed by atoms with Gasteiger partial charge < -0.3 is 10.1 Å². The average molecular weight is 247 g/mol. The molecule has 0 aliphatic carbocycles. The Labute approximate surface area is 109 Å². The molecule has 0 aromatic heterocycles. The minimum atomic E-state index is -0.237. The largest absolute Gasteiger partial charge is 0.462 e. The van der Waals surface area contributed by atoms with Gasteiger partial charge in [0.05, 0.1) is 12.2 Å². The standard InChI is InChI=1S/C15H21NO2/c1-3-18-15(17)13-6-4-12(5-7-13)14-8-11(2)9-16-10-14/h4-7,11,14,16H,3,8-10H2,1-2H3. The predicted octanol–water partition coefficient (Wildman–Crippen LogP) is 2.58. The number of rotatable bonds is 3. The van der Waals surface area contributed by atoms with Crippen LogP contribution in [0.4, 0.5) is 0 Å². The van der Waals surface area contributed by atoms with Crippen molar-refractivity contribution in [1.82, 2.24) is 5.32 Å². The fraction of sp³-hybridized carbons (Fsp3) is 0.533. The van der Waals surface area contributed by atoms with E-state index < -0.39 is 0 Å². The number of carbonyl (C=O) groups excluding carboxylic acids is 1. The molecule has 18 heavy (non-hydrogen) atoms. The molecule has 1 aliphatic rings. The Morgan fingerprint density at radius 1 is 1.33 bits per heavy atom. The number of ether oxygens (including phenoxy) is 1. The first-order valence-corrected chi connectivity index (χ1v) is 6.68. The van der Waals surface area contributed by atoms with E-state index in [0.717, 1.165) is 13.1 Å². The minimum absolute atomic E-state index is 0.237. The highest BCUT2D eigenvalue weighted by Gasteiger charge is 2.20. The topological polar surface area (TPSA) is 38.3 Å². The van der Waals surface area contributed by atoms with Gasteiger partial charge in [-0.15, -0.1) is 0 Å². The molecule has 3 heteroatoms. The summed E-state index contributed by atoms with van der Waals surface area (Å²) in [7, 11) is 0. The maximum absolute atomic E-state index is 11.5. The van der Waals surface area contributed by atoms with Crippen LogP contribution in [0.5, 0.6) is 0 Å². The molecule has 0 spiro atoms. The number of esters is 1. The summed E-state index contributed by atoms with van der Waals surface area (Å²) >= 11 is 0. The van der Waals surface area contributed by atoms with Crippen molar-refractivity contribution >= 4 is 5.97 Å². The monoisotopic (exact) mass is 247 g/mol. The van der Waals surface area contributed by atoms with Crippen molar-refractivity contribution < 1.29 is 9.53 Å². The fourth-order valence-corrected chi connectivity index (χ4v) is 2.52. The Kier molecular flexibility index (Phi) is 4.37. The van der Waals surface area contributed by atoms with Gasteiger partial charge in [-0.05, 0) is 49.4 Å². The molecule has 2 atom stereocenters. The number of piperidine rings is 1. The molecule has 1 aromatic carbocycles. The van der Waals surface area contributed by atoms with Gasteiger partial charge in [0.2, 0.25) is 0 Å². The predicted molar refractivity (Wildman–Crippen MR) is 71.8 cm³/mol. The third-order valence-electron chi connectivity index (χ3n) is 3.46. The van der Waals surface area contributed by atoms with Crippen LogP contribution in [0.3, 0.4) is 0 Å². The molecule has 0 amide bonds. The summed E-state index contributed by atoms with van der Waals surface area (Å²) in [6.45, 7) is 6.65. The van der Waals surface area contributed by atoms with Crippen LogP contribution in [0.2, 0.25) is 0 Å². The lowest BCUT2D eigenvalue weighted by Crippen LogP contribution is -2.33. The Balaban J connectivity index is 2.05. The molecule has 2 rings (SSSR count). The van der Waals surface area contributed by atoms with Crippen molar-refractivity contribution in [3.63, 3.8) is 0 Å². The third-order valence-corrected chi connectivity index (χ3v) is 3.46. The molecule has 1 fully saturated rings. The molecular formula is C15H21NO2. The average Bonchev–Trinajstić information content (AvgIpc) is 2.39. The maximum Gasteiger partial charge on any atom is 0.338 e. The molecule has 98 valence electrons. The van der Waals surface area contributed by atoms with Crippen LogP contribution >= 0.6 is 0 Å². The minimum Gasteiger partial charge on any atom is -0.462 e. The van der Waals surface area contributed by atoms with Crippen LogP contribution in [0, 0.1) is 5.92 Å². The molecule has 0 bridgehead atoms. The SMILES string of the molecule is CCOC(=O)c1ccc(C2CNCC(C)C2)cc1. The highest BCUT2D eigenvalue weighted by atomic mass is 16.5. The summed E-state index contributed by atoms with van der Waals surface area (Å²) < 4.78 is 4.98. The lowest BCUT2D eigenvalue weighted by Gasteiger charge is -2.28. The summed E-state index contributed by atoms with van der Waals surface area (Å²) in [5.74, 6) is 1.04. The Hall–Kier alpha value is -1.35. The van der Waals surface area contributed by atoms with E-state index in [4.69, 9.17) is 4.74 Å². The van der Waals surface area contributed by atoms with Crippen LogP contribution in [-0.2, 0) is 4.74 Å². The molecule has 1 N–H and O–H groups in total. The molecule has 1 heterocycles. The van der Waals surface area contributed by atoms with Crippen LogP contribution in [0.1, 0.15) is 42.1 Å². The third kappa shape index (κ3) is 3.10. The summed E-state index contributed by atoms with van der Waals surface area (Å²) in [5, 5.41) is 3.45. The van der Waals surface area contributed by atoms with Gasteiger partial charge in [0, 0.05) is 6.54 Å². The lowest BCUT2D eigenvalue weighted by atomic mass is 9.86. The van der Waals surface area contributed by atoms with E-state index in [1.165, 1.54) is 12.0 Å². The smallest absolute Gasteiger partial charge is 0.338 e. The van der Waals surface area contributed by atoms with Crippen LogP contribution in [0.25, 0.3) is 0 Å². The van der Waals surface area contributed by atoms with Crippen molar-refractivity contribution in [1.29, 1.82) is 0 Å². The van der Waals surface area contributed by atoms with E-state index in [0.29, 0.717) is 24.0 Å². The second-order valence-corrected chi connectivity index (χ2v) is 5.04. The first-order chi connectivity index (χ1) is 8.70. The van der Waals surface area contributed by atoms with E-state index >= 15 is 0 Å². The van der Waals surface area contributed by atoms with E-state index in [1.807, 2.05) is 19.1 Å². The molecule has 0 saturated carbocycles. The van der Waals surface area contributed by atoms with E-state index in [1.54, 1.807) is 0 Å². The van der Waals surface area contributed by atoms with Crippen molar-refractivity contribution in [3.8, 4) is 0 Å². The van der Waals surface area contributed by atoms with Gasteiger partial charge >= 0.3 is 5.97 Å². The molecule has 2 unspecified atom stereocenters. The van der Waals surface area contributed by atoms with Gasteiger partial charge in [0.25, 0.3) is 0 Å². The van der Waals surface area contributed by atoms with Crippen molar-refractivity contribution in [2.45, 2.75) is 26.2 Å². The Bertz CT molecular complexity index is 399. The Morgan fingerprint density at radius 3 is 2.67 bits per heavy atom. The number of benzene rings is 1. The molecule has 1 aromatic rings. The summed E-state index contributed by atoms with van der Waals surface area (Å²) in [6, 6.07) is 7.84. The second kappa shape index (κ2) is 6.01. The highest BCUT2D eigenvalue weighted by molar-refractivity contribution is 5.89. The van der Waals surface area contributed by atoms with Gasteiger partial charge in [-0.25, -0.2) is 4.79 Å². The normalized spacial score (nSPS) is 23.7. The van der Waals surface area contributed by atoms with Crippen LogP contribution in [0.15, 0.2) is 24.3 Å². The Morgan fingerprint density at radius 2 is 2.06 bits per heavy atom. The quantitative estimate of drug-likeness (QED) is 0.834. The van der Waals surface area contributed by atoms with Gasteiger partial charge in [-0.3, -0.25) is 0 Å². The number of carbonyl (C=O) groups is 1. The zero-order valence-electron chi connectivity index (χ0n) is 11.1. The number of hydrogen-bond donors (Lipinski definition) is 1. The van der Waals surface area contributed by atoms with Crippen molar-refractivity contribution in [2.24, 2.45) is 5.92 Å². The van der Waals surface area contributed by atoms with Gasteiger partial charge in [-0.2, -0.15) is 0 Å². The van der Waals surface area contributed by atoms with Gasteiger partial charge in [-0.1, -0.05) is 19.1 Å². The summed E-state index contributed by atoms with van der Waals surface area (Å²) in [4.78, 5) is 11.5. The summed E-state index contributed by atoms with van der Waals surface area (Å²) in [5.41, 5.74) is 1.94. The van der Waals surface area contributed by atoms with E-state index in [2.05, 4.69) is 24.4 Å². The maximum atomic E-state index is 11.5. The van der Waals surface area contributed by atoms with Crippen molar-refractivity contribution in [3.05, 3.63) is 35.4 Å². The molecule has 0 radical (unpaired) electrons. The number of nitrogens with one attached hydrogen (secondary N) is 1. The number of hydrogen-bond acceptors (Lipinski definition) is 3. The first kappa shape index (κ1) is 13.1. The molecule has 1 aliphatic heterocycles. The first-order valence-electron chi connectivity index (χ1n) is 6.68. The van der Waals surface area contributed by atoms with Crippen molar-refractivity contribution in [2.75, 3.05) is 19.7 Å². The highest BCUT2D eigenvalue weighted by Crippen LogP contribution is 2.26. The second-order valence-electron chi connectivity index (χ2n) is 5.04. The lowest BCUT2D eigenvalue weighted by molar-refractivity contribution is 0.0526. The van der Waals surface area contributed by atoms with Gasteiger partial charge in [0.1, 0.15) is 0 Å². The molecule has 1 saturated heterocycles. The zero-order valence-corrected chi connectivity index (χ0v) is 11.1. The van der Waals surface area contributed by atoms with E-state index in [-0.39, 0.29) is 5.97 Å². The van der Waals surface area contributed by atoms with Crippen LogP contribution < -0.4 is 5.32 Å². The van der Waals surface area contributed by atoms with E-state index in [9.17, 15) is 4.79 Å². The zero-order chi connectivity index (χ0) is 13.0. The molecular weight excluding hydrogens is 226 g/mol. The van der Waals surface area contributed by atoms with Gasteiger partial charge in [0.15, 0.2) is 0 Å². The van der Waals surface area contributed by atoms with Crippen LogP contribution in [-0.4, -0.2) is 25.7 Å². The molecule has 3 nitrogen and oxygen atoms in total. The fourth-order valence-electron chi connectivity index (χ4n) is 2.52. The summed E-state index contributed by atoms with van der Waals surface area (Å²) in [6.07, 6.45) is 1.21.